The van der Waals surface area contributed by atoms with E-state index in [1.165, 1.54) is 10.9 Å². The summed E-state index contributed by atoms with van der Waals surface area (Å²) in [4.78, 5) is 42.2. The van der Waals surface area contributed by atoms with Crippen LogP contribution in [0.4, 0.5) is 0 Å². The van der Waals surface area contributed by atoms with Crippen molar-refractivity contribution in [1.29, 1.82) is 0 Å². The highest BCUT2D eigenvalue weighted by Gasteiger charge is 2.34. The summed E-state index contributed by atoms with van der Waals surface area (Å²) in [5.74, 6) is -0.383. The third-order valence-electron chi connectivity index (χ3n) is 5.32. The summed E-state index contributed by atoms with van der Waals surface area (Å²) in [5.41, 5.74) is 0.418. The van der Waals surface area contributed by atoms with Gasteiger partial charge in [0.1, 0.15) is 0 Å². The summed E-state index contributed by atoms with van der Waals surface area (Å²) in [5, 5.41) is 14.1. The molecule has 0 saturated carbocycles. The van der Waals surface area contributed by atoms with Gasteiger partial charge in [0.25, 0.3) is 5.56 Å². The van der Waals surface area contributed by atoms with E-state index in [1.54, 1.807) is 11.0 Å². The van der Waals surface area contributed by atoms with Crippen LogP contribution < -0.4 is 10.9 Å². The Kier molecular flexibility index (Phi) is 6.12. The molecule has 1 aliphatic heterocycles. The van der Waals surface area contributed by atoms with Gasteiger partial charge < -0.3 is 15.3 Å². The van der Waals surface area contributed by atoms with Crippen molar-refractivity contribution in [2.24, 2.45) is 0 Å². The van der Waals surface area contributed by atoms with E-state index in [1.807, 2.05) is 19.1 Å². The zero-order valence-electron chi connectivity index (χ0n) is 16.6. The molecular weight excluding hydrogens is 372 g/mol. The fraction of sp³-hybridized carbons (Fsp3) is 0.429. The number of fused-ring (bicyclic) bond motifs is 1. The van der Waals surface area contributed by atoms with Crippen LogP contribution in [0.3, 0.4) is 0 Å². The number of piperidine rings is 1. The molecule has 2 amide bonds. The third kappa shape index (κ3) is 4.89. The maximum Gasteiger partial charge on any atom is 0.261 e. The van der Waals surface area contributed by atoms with Crippen LogP contribution in [0.15, 0.2) is 42.0 Å². The van der Waals surface area contributed by atoms with Gasteiger partial charge in [-0.3, -0.25) is 19.0 Å². The molecule has 2 aromatic rings. The van der Waals surface area contributed by atoms with E-state index in [4.69, 9.17) is 0 Å². The molecule has 0 radical (unpaired) electrons. The van der Waals surface area contributed by atoms with E-state index in [2.05, 4.69) is 16.9 Å². The molecule has 2 heterocycles. The Labute approximate surface area is 168 Å². The number of carbonyl (C=O) groups excluding carboxylic acids is 2. The SMILES string of the molecule is C=CC(=O)NCCC(=O)N1CCC(O)(Cn2cnc3cc(C)ccc3c2=O)CC1. The number of aryl methyl sites for hydroxylation is 1. The Bertz CT molecular complexity index is 990. The maximum atomic E-state index is 12.7. The molecule has 0 aliphatic carbocycles. The number of hydrogen-bond donors (Lipinski definition) is 2. The largest absolute Gasteiger partial charge is 0.388 e. The van der Waals surface area contributed by atoms with E-state index >= 15 is 0 Å². The van der Waals surface area contributed by atoms with Crippen molar-refractivity contribution in [3.8, 4) is 0 Å². The highest BCUT2D eigenvalue weighted by atomic mass is 16.3. The van der Waals surface area contributed by atoms with Crippen LogP contribution in [0, 0.1) is 6.92 Å². The van der Waals surface area contributed by atoms with Gasteiger partial charge in [0, 0.05) is 26.1 Å². The van der Waals surface area contributed by atoms with E-state index in [-0.39, 0.29) is 36.9 Å². The molecule has 0 spiro atoms. The molecule has 154 valence electrons. The smallest absolute Gasteiger partial charge is 0.261 e. The van der Waals surface area contributed by atoms with Gasteiger partial charge in [-0.2, -0.15) is 0 Å². The van der Waals surface area contributed by atoms with Crippen LogP contribution in [0.5, 0.6) is 0 Å². The van der Waals surface area contributed by atoms with Crippen LogP contribution in [0.2, 0.25) is 0 Å². The van der Waals surface area contributed by atoms with Gasteiger partial charge >= 0.3 is 0 Å². The second-order valence-corrected chi connectivity index (χ2v) is 7.55. The monoisotopic (exact) mass is 398 g/mol. The van der Waals surface area contributed by atoms with E-state index < -0.39 is 5.60 Å². The number of likely N-dealkylation sites (tertiary alicyclic amines) is 1. The first kappa shape index (κ1) is 20.7. The number of nitrogens with zero attached hydrogens (tertiary/aromatic N) is 3. The van der Waals surface area contributed by atoms with Gasteiger partial charge in [-0.25, -0.2) is 4.98 Å². The number of amides is 2. The summed E-state index contributed by atoms with van der Waals surface area (Å²) >= 11 is 0. The lowest BCUT2D eigenvalue weighted by atomic mass is 9.91. The lowest BCUT2D eigenvalue weighted by Gasteiger charge is -2.38. The fourth-order valence-corrected chi connectivity index (χ4v) is 3.55. The van der Waals surface area contributed by atoms with E-state index in [0.717, 1.165) is 11.6 Å². The van der Waals surface area contributed by atoms with Crippen LogP contribution in [-0.2, 0) is 16.1 Å². The Morgan fingerprint density at radius 2 is 2.07 bits per heavy atom. The molecule has 1 saturated heterocycles. The molecule has 1 aromatic heterocycles. The lowest BCUT2D eigenvalue weighted by molar-refractivity contribution is -0.135. The summed E-state index contributed by atoms with van der Waals surface area (Å²) in [6.07, 6.45) is 3.58. The van der Waals surface area contributed by atoms with Crippen molar-refractivity contribution in [3.63, 3.8) is 0 Å². The number of rotatable bonds is 6. The van der Waals surface area contributed by atoms with Crippen molar-refractivity contribution < 1.29 is 14.7 Å². The predicted octanol–water partition coefficient (Wildman–Crippen LogP) is 0.751. The third-order valence-corrected chi connectivity index (χ3v) is 5.32. The molecule has 1 aromatic carbocycles. The second-order valence-electron chi connectivity index (χ2n) is 7.55. The standard InChI is InChI=1S/C21H26N4O4/c1-3-18(26)22-9-6-19(27)24-10-7-21(29,8-11-24)13-25-14-23-17-12-15(2)4-5-16(17)20(25)28/h3-5,12,14,29H,1,6-11,13H2,2H3,(H,22,26). The van der Waals surface area contributed by atoms with Crippen molar-refractivity contribution in [1.82, 2.24) is 19.8 Å². The minimum atomic E-state index is -1.07. The quantitative estimate of drug-likeness (QED) is 0.699. The Balaban J connectivity index is 1.60. The fourth-order valence-electron chi connectivity index (χ4n) is 3.55. The minimum Gasteiger partial charge on any atom is -0.388 e. The molecule has 8 nitrogen and oxygen atoms in total. The number of nitrogens with one attached hydrogen (secondary N) is 1. The van der Waals surface area contributed by atoms with Crippen molar-refractivity contribution in [3.05, 3.63) is 53.1 Å². The van der Waals surface area contributed by atoms with Gasteiger partial charge in [0.15, 0.2) is 0 Å². The minimum absolute atomic E-state index is 0.0729. The van der Waals surface area contributed by atoms with Gasteiger partial charge in [0.05, 0.1) is 29.4 Å². The maximum absolute atomic E-state index is 12.7. The summed E-state index contributed by atoms with van der Waals surface area (Å²) in [6, 6.07) is 5.48. The van der Waals surface area contributed by atoms with Gasteiger partial charge in [-0.05, 0) is 43.5 Å². The Morgan fingerprint density at radius 1 is 1.34 bits per heavy atom. The van der Waals surface area contributed by atoms with Crippen LogP contribution >= 0.6 is 0 Å². The second kappa shape index (κ2) is 8.57. The van der Waals surface area contributed by atoms with Crippen molar-refractivity contribution >= 4 is 22.7 Å². The van der Waals surface area contributed by atoms with Crippen LogP contribution in [-0.4, -0.2) is 56.6 Å². The van der Waals surface area contributed by atoms with Crippen molar-refractivity contribution in [2.45, 2.75) is 38.3 Å². The number of carbonyl (C=O) groups is 2. The molecule has 29 heavy (non-hydrogen) atoms. The topological polar surface area (TPSA) is 105 Å². The van der Waals surface area contributed by atoms with Gasteiger partial charge in [-0.15, -0.1) is 0 Å². The molecule has 0 atom stereocenters. The van der Waals surface area contributed by atoms with E-state index in [9.17, 15) is 19.5 Å². The zero-order valence-corrected chi connectivity index (χ0v) is 16.6. The average Bonchev–Trinajstić information content (AvgIpc) is 2.70. The number of hydrogen-bond acceptors (Lipinski definition) is 5. The average molecular weight is 398 g/mol. The first-order chi connectivity index (χ1) is 13.8. The highest BCUT2D eigenvalue weighted by molar-refractivity contribution is 5.87. The molecule has 2 N–H and O–H groups in total. The van der Waals surface area contributed by atoms with Crippen LogP contribution in [0.1, 0.15) is 24.8 Å². The predicted molar refractivity (Wildman–Crippen MR) is 109 cm³/mol. The molecule has 1 fully saturated rings. The van der Waals surface area contributed by atoms with Gasteiger partial charge in [-0.1, -0.05) is 12.6 Å². The van der Waals surface area contributed by atoms with Crippen LogP contribution in [0.25, 0.3) is 10.9 Å². The van der Waals surface area contributed by atoms with Gasteiger partial charge in [0.2, 0.25) is 11.8 Å². The summed E-state index contributed by atoms with van der Waals surface area (Å²) in [6.45, 7) is 6.50. The van der Waals surface area contributed by atoms with E-state index in [0.29, 0.717) is 36.8 Å². The molecule has 8 heteroatoms. The highest BCUT2D eigenvalue weighted by Crippen LogP contribution is 2.24. The molecule has 1 aliphatic rings. The molecule has 0 unspecified atom stereocenters. The summed E-state index contributed by atoms with van der Waals surface area (Å²) < 4.78 is 1.44. The molecular formula is C21H26N4O4. The normalized spacial score (nSPS) is 15.9. The first-order valence-corrected chi connectivity index (χ1v) is 9.67. The lowest BCUT2D eigenvalue weighted by Crippen LogP contribution is -2.50. The van der Waals surface area contributed by atoms with Crippen molar-refractivity contribution in [2.75, 3.05) is 19.6 Å². The first-order valence-electron chi connectivity index (χ1n) is 9.67. The molecule has 0 bridgehead atoms. The zero-order chi connectivity index (χ0) is 21.0. The Hall–Kier alpha value is -3.00. The Morgan fingerprint density at radius 3 is 2.76 bits per heavy atom. The number of aliphatic hydroxyl groups is 1. The summed E-state index contributed by atoms with van der Waals surface area (Å²) in [7, 11) is 0. The number of aromatic nitrogens is 2. The number of benzene rings is 1. The molecule has 3 rings (SSSR count).